The first-order valence-corrected chi connectivity index (χ1v) is 21.2. The molecule has 0 radical (unpaired) electrons. The Bertz CT molecular complexity index is 1210. The van der Waals surface area contributed by atoms with Gasteiger partial charge in [-0.05, 0) is 0 Å². The zero-order chi connectivity index (χ0) is 51.9. The van der Waals surface area contributed by atoms with Gasteiger partial charge in [0.05, 0.1) is 39.6 Å². The number of aliphatic hydroxyl groups is 24. The van der Waals surface area contributed by atoms with Gasteiger partial charge in [0, 0.05) is 37.7 Å². The van der Waals surface area contributed by atoms with Crippen LogP contribution >= 0.6 is 0 Å². The Hall–Kier alpha value is -0.0603. The Morgan fingerprint density at radius 3 is 0.414 bits per heavy atom. The van der Waals surface area contributed by atoms with Gasteiger partial charge in [-0.15, -0.1) is 0 Å². The van der Waals surface area contributed by atoms with Crippen molar-refractivity contribution in [2.45, 2.75) is 184 Å². The third-order valence-corrected chi connectivity index (χ3v) is 11.9. The van der Waals surface area contributed by atoms with Crippen LogP contribution in [0.5, 0.6) is 0 Å². The minimum atomic E-state index is -1.72. The van der Waals surface area contributed by atoms with E-state index < -0.39 is 224 Å². The molecule has 34 heteroatoms. The zero-order valence-electron chi connectivity index (χ0n) is 36.3. The number of hydrogen-bond acceptors (Lipinski definition) is 33. The summed E-state index contributed by atoms with van der Waals surface area (Å²) in [6, 6.07) is 0. The minimum absolute atomic E-state index is 0. The van der Waals surface area contributed by atoms with E-state index in [1.165, 1.54) is 0 Å². The fourth-order valence-electron chi connectivity index (χ4n) is 7.48. The SMILES string of the molecule is OC[C@H]1O[C@H](O[C@H]2O[C@H](CO)[C@@H](O)[C@H](O)[C@H]2O)[C@H](O)[C@@H](O)[C@@H]1O.OC[C@H]1O[C@H](O[C@H]2O[C@H](CO)[C@@H](O)[C@H](O)[C@H]2O)[C@H](O)[C@@H](O)[C@@H]1O.OC[C@H]1O[C@H](O[C@H]2O[C@H](CO)[C@@H](O)[C@H](O)[C@H]2O)[C@H](O)[C@@H](O)[C@@H]1O.[Ar]. The topological polar surface area (TPSA) is 569 Å². The van der Waals surface area contributed by atoms with Crippen molar-refractivity contribution < 1.29 is 203 Å². The van der Waals surface area contributed by atoms with Crippen LogP contribution in [0.15, 0.2) is 0 Å². The molecule has 0 aromatic carbocycles. The molecule has 0 amide bonds. The summed E-state index contributed by atoms with van der Waals surface area (Å²) < 4.78 is 45.9. The first-order valence-electron chi connectivity index (χ1n) is 21.2. The maximum absolute atomic E-state index is 9.84. The van der Waals surface area contributed by atoms with Gasteiger partial charge in [-0.25, -0.2) is 0 Å². The van der Waals surface area contributed by atoms with E-state index in [1.807, 2.05) is 0 Å². The Morgan fingerprint density at radius 2 is 0.314 bits per heavy atom. The fraction of sp³-hybridized carbons (Fsp3) is 1.00. The molecule has 6 aliphatic rings. The van der Waals surface area contributed by atoms with Crippen molar-refractivity contribution in [1.29, 1.82) is 0 Å². The quantitative estimate of drug-likeness (QED) is 0.0863. The summed E-state index contributed by atoms with van der Waals surface area (Å²) in [6.07, 6.45) is -46.8. The molecule has 0 aromatic rings. The van der Waals surface area contributed by atoms with Crippen molar-refractivity contribution in [3.05, 3.63) is 0 Å². The van der Waals surface area contributed by atoms with E-state index in [4.69, 9.17) is 73.3 Å². The second kappa shape index (κ2) is 28.9. The maximum atomic E-state index is 9.84. The third-order valence-electron chi connectivity index (χ3n) is 11.9. The molecule has 0 bridgehead atoms. The molecule has 6 heterocycles. The Morgan fingerprint density at radius 1 is 0.200 bits per heavy atom. The van der Waals surface area contributed by atoms with E-state index in [0.29, 0.717) is 0 Å². The molecule has 33 nitrogen and oxygen atoms in total. The first kappa shape index (κ1) is 64.2. The smallest absolute Gasteiger partial charge is 0.189 e. The molecule has 24 N–H and O–H groups in total. The average molecular weight is 1070 g/mol. The first-order chi connectivity index (χ1) is 32.4. The number of aliphatic hydroxyl groups excluding tert-OH is 24. The number of hydrogen-bond donors (Lipinski definition) is 24. The second-order valence-corrected chi connectivity index (χ2v) is 16.6. The monoisotopic (exact) mass is 1070 g/mol. The number of ether oxygens (including phenoxy) is 9. The van der Waals surface area contributed by atoms with Crippen molar-refractivity contribution in [3.63, 3.8) is 0 Å². The Labute approximate surface area is 425 Å². The van der Waals surface area contributed by atoms with Crippen LogP contribution in [0.25, 0.3) is 0 Å². The minimum Gasteiger partial charge on any atom is -0.394 e. The van der Waals surface area contributed by atoms with E-state index in [-0.39, 0.29) is 37.7 Å². The van der Waals surface area contributed by atoms with Crippen molar-refractivity contribution in [2.24, 2.45) is 0 Å². The molecule has 6 saturated heterocycles. The molecule has 6 fully saturated rings. The van der Waals surface area contributed by atoms with Crippen LogP contribution in [0.1, 0.15) is 0 Å². The van der Waals surface area contributed by atoms with Gasteiger partial charge in [-0.3, -0.25) is 0 Å². The molecule has 70 heavy (non-hydrogen) atoms. The van der Waals surface area contributed by atoms with Gasteiger partial charge >= 0.3 is 0 Å². The summed E-state index contributed by atoms with van der Waals surface area (Å²) in [5.74, 6) is 0. The third kappa shape index (κ3) is 14.7. The zero-order valence-corrected chi connectivity index (χ0v) is 37.0. The number of rotatable bonds is 12. The predicted molar refractivity (Wildman–Crippen MR) is 206 cm³/mol. The largest absolute Gasteiger partial charge is 0.394 e. The molecule has 0 saturated carbocycles. The molecule has 6 aliphatic heterocycles. The summed E-state index contributed by atoms with van der Waals surface area (Å²) in [7, 11) is 0. The van der Waals surface area contributed by atoms with Gasteiger partial charge < -0.3 is 165 Å². The fourth-order valence-corrected chi connectivity index (χ4v) is 7.48. The van der Waals surface area contributed by atoms with Crippen molar-refractivity contribution >= 4 is 0 Å². The van der Waals surface area contributed by atoms with Crippen molar-refractivity contribution in [1.82, 2.24) is 0 Å². The molecule has 0 unspecified atom stereocenters. The second-order valence-electron chi connectivity index (χ2n) is 16.6. The van der Waals surface area contributed by atoms with Gasteiger partial charge in [-0.1, -0.05) is 0 Å². The summed E-state index contributed by atoms with van der Waals surface area (Å²) >= 11 is 0. The van der Waals surface area contributed by atoms with Crippen LogP contribution < -0.4 is 0 Å². The molecule has 0 aliphatic carbocycles. The Balaban J connectivity index is 0.000000276. The van der Waals surface area contributed by atoms with E-state index in [0.717, 1.165) is 0 Å². The summed E-state index contributed by atoms with van der Waals surface area (Å²) in [5, 5.41) is 229. The predicted octanol–water partition coefficient (Wildman–Crippen LogP) is -16.2. The van der Waals surface area contributed by atoms with Crippen molar-refractivity contribution in [3.8, 4) is 0 Å². The van der Waals surface area contributed by atoms with Crippen LogP contribution in [-0.2, 0) is 42.6 Å². The van der Waals surface area contributed by atoms with E-state index in [9.17, 15) is 91.9 Å². The molecular weight excluding hydrogens is 1000 g/mol. The van der Waals surface area contributed by atoms with Crippen molar-refractivity contribution in [2.75, 3.05) is 39.6 Å². The van der Waals surface area contributed by atoms with Gasteiger partial charge in [0.15, 0.2) is 37.7 Å². The Kier molecular flexibility index (Phi) is 26.5. The van der Waals surface area contributed by atoms with Gasteiger partial charge in [0.25, 0.3) is 0 Å². The van der Waals surface area contributed by atoms with Gasteiger partial charge in [0.2, 0.25) is 0 Å². The van der Waals surface area contributed by atoms with Crippen LogP contribution in [-0.4, -0.2) is 346 Å². The van der Waals surface area contributed by atoms with E-state index in [2.05, 4.69) is 0 Å². The summed E-state index contributed by atoms with van der Waals surface area (Å²) in [5.41, 5.74) is 0. The summed E-state index contributed by atoms with van der Waals surface area (Å²) in [4.78, 5) is 0. The molecule has 0 aromatic heterocycles. The maximum Gasteiger partial charge on any atom is 0.189 e. The summed E-state index contributed by atoms with van der Waals surface area (Å²) in [6.45, 7) is -4.00. The normalized spacial score (nSPS) is 50.9. The van der Waals surface area contributed by atoms with E-state index >= 15 is 0 Å². The van der Waals surface area contributed by atoms with Crippen LogP contribution in [0.2, 0.25) is 0 Å². The van der Waals surface area contributed by atoms with E-state index in [1.54, 1.807) is 0 Å². The van der Waals surface area contributed by atoms with Crippen LogP contribution in [0, 0.1) is 37.7 Å². The molecule has 30 atom stereocenters. The molecule has 0 spiro atoms. The molecule has 416 valence electrons. The van der Waals surface area contributed by atoms with Gasteiger partial charge in [0.1, 0.15) is 146 Å². The van der Waals surface area contributed by atoms with Crippen LogP contribution in [0.4, 0.5) is 0 Å². The standard InChI is InChI=1S/3C12H22O11.Ar/c3*13-1-3-5(15)7(17)9(19)11(21-3)23-12-10(20)8(18)6(16)4(2-14)22-12;/h3*3-20H,1-2H2;/t3*3-,4-,5-,6-,7+,8+,9-,10-,11-,12-;/m111./s1. The molecule has 6 rings (SSSR count). The average Bonchev–Trinajstić information content (AvgIpc) is 3.34. The van der Waals surface area contributed by atoms with Gasteiger partial charge in [-0.2, -0.15) is 0 Å². The molecular formula is C36H66ArO33. The van der Waals surface area contributed by atoms with Crippen LogP contribution in [0.3, 0.4) is 0 Å².